The molecule has 0 aliphatic rings. The number of carbonyl (C=O) groups is 2. The summed E-state index contributed by atoms with van der Waals surface area (Å²) >= 11 is 4.42. The smallest absolute Gasteiger partial charge is 0.422 e. The first-order valence-electron chi connectivity index (χ1n) is 12.2. The number of hydrogen-bond acceptors (Lipinski definition) is 7. The second-order valence-corrected chi connectivity index (χ2v) is 10.4. The third-order valence-corrected chi connectivity index (χ3v) is 7.47. The molecule has 0 spiro atoms. The molecule has 2 heterocycles. The summed E-state index contributed by atoms with van der Waals surface area (Å²) in [4.78, 5) is 36.3. The predicted octanol–water partition coefficient (Wildman–Crippen LogP) is 5.92. The van der Waals surface area contributed by atoms with Gasteiger partial charge in [-0.1, -0.05) is 29.8 Å². The lowest BCUT2D eigenvalue weighted by Crippen LogP contribution is -2.34. The molecule has 2 aromatic heterocycles. The highest BCUT2D eigenvalue weighted by Crippen LogP contribution is 2.32. The molecule has 0 N–H and O–H groups in total. The standard InChI is InChI=1S/C27H24ClF3N4O5S/c1-4-39-24(36)17-8-7-9-18(28)23(17)34(3)26(37)35-21-11-6-5-10-19(21)33-25(35)41(38)14-20-16(2)22(12-13-32-20)40-15-27(29,30)31/h5-13H,4,14-15H2,1-3H3. The van der Waals surface area contributed by atoms with E-state index in [0.29, 0.717) is 11.0 Å². The number of para-hydroxylation sites is 3. The molecule has 0 fully saturated rings. The van der Waals surface area contributed by atoms with Crippen LogP contribution in [0.4, 0.5) is 23.7 Å². The lowest BCUT2D eigenvalue weighted by atomic mass is 10.1. The Kier molecular flexibility index (Phi) is 9.10. The zero-order chi connectivity index (χ0) is 29.9. The molecule has 0 saturated heterocycles. The number of hydrogen-bond donors (Lipinski definition) is 0. The van der Waals surface area contributed by atoms with E-state index in [-0.39, 0.29) is 50.8 Å². The van der Waals surface area contributed by atoms with Crippen molar-refractivity contribution < 1.29 is 36.8 Å². The van der Waals surface area contributed by atoms with E-state index in [1.165, 1.54) is 38.4 Å². The van der Waals surface area contributed by atoms with Crippen molar-refractivity contribution in [1.29, 1.82) is 0 Å². The maximum Gasteiger partial charge on any atom is 0.422 e. The molecule has 216 valence electrons. The van der Waals surface area contributed by atoms with Gasteiger partial charge in [0.2, 0.25) is 0 Å². The van der Waals surface area contributed by atoms with Gasteiger partial charge in [0.25, 0.3) is 0 Å². The molecule has 0 aliphatic carbocycles. The number of aromatic nitrogens is 3. The Labute approximate surface area is 241 Å². The van der Waals surface area contributed by atoms with Gasteiger partial charge in [0.15, 0.2) is 12.4 Å². The second-order valence-electron chi connectivity index (χ2n) is 8.69. The molecular formula is C27H24ClF3N4O5S. The molecule has 0 bridgehead atoms. The Bertz CT molecular complexity index is 1600. The van der Waals surface area contributed by atoms with Crippen molar-refractivity contribution in [3.05, 3.63) is 76.6 Å². The first kappa shape index (κ1) is 30.2. The minimum absolute atomic E-state index is 0.0535. The van der Waals surface area contributed by atoms with Gasteiger partial charge in [-0.3, -0.25) is 9.88 Å². The highest BCUT2D eigenvalue weighted by molar-refractivity contribution is 7.90. The van der Waals surface area contributed by atoms with Crippen LogP contribution in [0.25, 0.3) is 11.0 Å². The number of pyridine rings is 1. The highest BCUT2D eigenvalue weighted by Gasteiger charge is 2.32. The van der Waals surface area contributed by atoms with Crippen molar-refractivity contribution in [2.24, 2.45) is 0 Å². The molecule has 1 amide bonds. The van der Waals surface area contributed by atoms with Crippen molar-refractivity contribution in [1.82, 2.24) is 14.5 Å². The molecule has 1 atom stereocenters. The number of fused-ring (bicyclic) bond motifs is 1. The summed E-state index contributed by atoms with van der Waals surface area (Å²) in [6, 6.07) is 11.7. The fraction of sp³-hybridized carbons (Fsp3) is 0.259. The van der Waals surface area contributed by atoms with E-state index in [9.17, 15) is 27.3 Å². The summed E-state index contributed by atoms with van der Waals surface area (Å²) < 4.78 is 62.8. The normalized spacial score (nSPS) is 12.3. The Morgan fingerprint density at radius 3 is 2.59 bits per heavy atom. The first-order chi connectivity index (χ1) is 19.4. The summed E-state index contributed by atoms with van der Waals surface area (Å²) in [7, 11) is 1.40. The fourth-order valence-corrected chi connectivity index (χ4v) is 5.58. The van der Waals surface area contributed by atoms with Crippen LogP contribution in [-0.4, -0.2) is 57.5 Å². The third kappa shape index (κ3) is 6.58. The monoisotopic (exact) mass is 608 g/mol. The molecule has 0 aliphatic heterocycles. The van der Waals surface area contributed by atoms with Gasteiger partial charge in [0.05, 0.1) is 39.6 Å². The van der Waals surface area contributed by atoms with Gasteiger partial charge in [-0.25, -0.2) is 14.2 Å². The third-order valence-electron chi connectivity index (χ3n) is 5.95. The van der Waals surface area contributed by atoms with Crippen LogP contribution in [0.5, 0.6) is 5.75 Å². The number of anilines is 1. The van der Waals surface area contributed by atoms with Crippen LogP contribution in [0.2, 0.25) is 5.02 Å². The van der Waals surface area contributed by atoms with Gasteiger partial charge in [-0.2, -0.15) is 18.2 Å². The van der Waals surface area contributed by atoms with Crippen LogP contribution < -0.4 is 9.64 Å². The number of nitrogens with zero attached hydrogens (tertiary/aromatic N) is 4. The molecule has 0 saturated carbocycles. The number of esters is 1. The number of halogens is 4. The van der Waals surface area contributed by atoms with Crippen molar-refractivity contribution in [3.8, 4) is 5.75 Å². The number of rotatable bonds is 8. The minimum Gasteiger partial charge on any atom is -0.609 e. The molecule has 4 aromatic rings. The van der Waals surface area contributed by atoms with Gasteiger partial charge in [0.1, 0.15) is 5.75 Å². The van der Waals surface area contributed by atoms with Crippen molar-refractivity contribution >= 4 is 51.5 Å². The van der Waals surface area contributed by atoms with E-state index >= 15 is 0 Å². The zero-order valence-corrected chi connectivity index (χ0v) is 23.6. The van der Waals surface area contributed by atoms with Gasteiger partial charge >= 0.3 is 23.3 Å². The minimum atomic E-state index is -4.54. The predicted molar refractivity (Wildman–Crippen MR) is 147 cm³/mol. The van der Waals surface area contributed by atoms with Crippen molar-refractivity contribution in [2.75, 3.05) is 25.2 Å². The fourth-order valence-electron chi connectivity index (χ4n) is 4.03. The summed E-state index contributed by atoms with van der Waals surface area (Å²) in [5.74, 6) is -1.01. The Morgan fingerprint density at radius 2 is 1.88 bits per heavy atom. The Morgan fingerprint density at radius 1 is 1.15 bits per heavy atom. The lowest BCUT2D eigenvalue weighted by molar-refractivity contribution is -0.153. The zero-order valence-electron chi connectivity index (χ0n) is 22.1. The molecule has 0 radical (unpaired) electrons. The molecule has 41 heavy (non-hydrogen) atoms. The van der Waals surface area contributed by atoms with E-state index < -0.39 is 36.0 Å². The quantitative estimate of drug-likeness (QED) is 0.180. The number of ether oxygens (including phenoxy) is 2. The van der Waals surface area contributed by atoms with E-state index in [0.717, 1.165) is 9.47 Å². The van der Waals surface area contributed by atoms with E-state index in [4.69, 9.17) is 21.1 Å². The van der Waals surface area contributed by atoms with Gasteiger partial charge in [0, 0.05) is 30.0 Å². The Balaban J connectivity index is 1.73. The van der Waals surface area contributed by atoms with Crippen LogP contribution in [0.15, 0.2) is 59.9 Å². The van der Waals surface area contributed by atoms with E-state index in [1.807, 2.05) is 0 Å². The summed E-state index contributed by atoms with van der Waals surface area (Å²) in [6.07, 6.45) is -3.29. The van der Waals surface area contributed by atoms with Crippen molar-refractivity contribution in [2.45, 2.75) is 30.9 Å². The Hall–Kier alpha value is -3.81. The molecule has 14 heteroatoms. The molecule has 2 aromatic carbocycles. The van der Waals surface area contributed by atoms with Crippen LogP contribution >= 0.6 is 11.6 Å². The second kappa shape index (κ2) is 12.4. The molecule has 9 nitrogen and oxygen atoms in total. The van der Waals surface area contributed by atoms with E-state index in [1.54, 1.807) is 37.3 Å². The molecule has 4 rings (SSSR count). The SMILES string of the molecule is CCOC(=O)c1cccc(Cl)c1N(C)C(=O)n1c([S+]([O-])Cc2nccc(OCC(F)(F)F)c2C)nc2ccccc21. The van der Waals surface area contributed by atoms with Crippen LogP contribution in [0.1, 0.15) is 28.5 Å². The maximum absolute atomic E-state index is 13.9. The summed E-state index contributed by atoms with van der Waals surface area (Å²) in [5.41, 5.74) is 1.32. The number of benzene rings is 2. The van der Waals surface area contributed by atoms with E-state index in [2.05, 4.69) is 9.97 Å². The largest absolute Gasteiger partial charge is 0.609 e. The number of amides is 1. The maximum atomic E-state index is 13.9. The van der Waals surface area contributed by atoms with Crippen LogP contribution in [-0.2, 0) is 21.7 Å². The average molecular weight is 609 g/mol. The summed E-state index contributed by atoms with van der Waals surface area (Å²) in [6.45, 7) is 1.76. The van der Waals surface area contributed by atoms with Gasteiger partial charge in [-0.05, 0) is 44.2 Å². The topological polar surface area (TPSA) is 110 Å². The van der Waals surface area contributed by atoms with Gasteiger partial charge in [-0.15, -0.1) is 0 Å². The number of alkyl halides is 3. The molecular weight excluding hydrogens is 585 g/mol. The molecule has 1 unspecified atom stereocenters. The lowest BCUT2D eigenvalue weighted by Gasteiger charge is -2.22. The number of imidazole rings is 1. The first-order valence-corrected chi connectivity index (χ1v) is 13.9. The van der Waals surface area contributed by atoms with Crippen LogP contribution in [0.3, 0.4) is 0 Å². The summed E-state index contributed by atoms with van der Waals surface area (Å²) in [5, 5.41) is -0.0235. The van der Waals surface area contributed by atoms with Crippen molar-refractivity contribution in [3.63, 3.8) is 0 Å². The highest BCUT2D eigenvalue weighted by atomic mass is 35.5. The van der Waals surface area contributed by atoms with Crippen LogP contribution in [0, 0.1) is 6.92 Å². The van der Waals surface area contributed by atoms with Gasteiger partial charge < -0.3 is 14.0 Å². The average Bonchev–Trinajstić information content (AvgIpc) is 3.32. The number of carbonyl (C=O) groups excluding carboxylic acids is 2.